The van der Waals surface area contributed by atoms with Crippen LogP contribution in [0, 0.1) is 0 Å². The second kappa shape index (κ2) is 8.24. The van der Waals surface area contributed by atoms with Crippen molar-refractivity contribution < 1.29 is 14.4 Å². The van der Waals surface area contributed by atoms with Crippen molar-refractivity contribution in [2.45, 2.75) is 11.0 Å². The van der Waals surface area contributed by atoms with Gasteiger partial charge >= 0.3 is 0 Å². The molecule has 0 bridgehead atoms. The lowest BCUT2D eigenvalue weighted by Gasteiger charge is -2.05. The molecule has 0 aliphatic rings. The molecule has 3 aromatic rings. The number of aromatic hydroxyl groups is 1. The molecule has 0 aliphatic heterocycles. The zero-order chi connectivity index (χ0) is 18.7. The molecule has 0 atom stereocenters. The number of benzene rings is 2. The van der Waals surface area contributed by atoms with E-state index in [0.29, 0.717) is 20.6 Å². The minimum absolute atomic E-state index is 0.0174. The number of hydrogen-bond acceptors (Lipinski definition) is 5. The summed E-state index contributed by atoms with van der Waals surface area (Å²) in [6.45, 7) is 0.285. The number of carbonyl (C=O) groups is 1. The molecule has 0 saturated carbocycles. The number of alkyl halides is 1. The first-order valence-electron chi connectivity index (χ1n) is 7.42. The third-order valence-corrected chi connectivity index (χ3v) is 4.85. The topological polar surface area (TPSA) is 88.2 Å². The van der Waals surface area contributed by atoms with E-state index in [0.717, 1.165) is 5.56 Å². The second-order valence-corrected chi connectivity index (χ2v) is 6.94. The van der Waals surface area contributed by atoms with Gasteiger partial charge in [0.15, 0.2) is 0 Å². The highest BCUT2D eigenvalue weighted by molar-refractivity contribution is 14.1. The van der Waals surface area contributed by atoms with E-state index in [9.17, 15) is 9.90 Å². The molecule has 1 aromatic heterocycles. The Morgan fingerprint density at radius 3 is 2.81 bits per heavy atom. The molecule has 0 radical (unpaired) electrons. The molecule has 9 heteroatoms. The molecular weight excluding hydrogens is 492 g/mol. The average molecular weight is 504 g/mol. The number of phenols is 1. The molecule has 0 unspecified atom stereocenters. The van der Waals surface area contributed by atoms with Crippen molar-refractivity contribution in [2.75, 3.05) is 0 Å². The number of nitrogens with zero attached hydrogens (tertiary/aromatic N) is 2. The summed E-state index contributed by atoms with van der Waals surface area (Å²) in [6.07, 6.45) is 0. The zero-order valence-electron chi connectivity index (χ0n) is 13.2. The van der Waals surface area contributed by atoms with Crippen molar-refractivity contribution in [3.05, 3.63) is 63.4 Å². The smallest absolute Gasteiger partial charge is 0.292 e. The molecule has 2 N–H and O–H groups in total. The Labute approximate surface area is 172 Å². The normalized spacial score (nSPS) is 10.7. The Bertz CT molecular complexity index is 962. The van der Waals surface area contributed by atoms with Crippen LogP contribution in [0.1, 0.15) is 21.7 Å². The van der Waals surface area contributed by atoms with Crippen LogP contribution in [0.25, 0.3) is 11.5 Å². The minimum atomic E-state index is -0.473. The predicted molar refractivity (Wildman–Crippen MR) is 107 cm³/mol. The maximum atomic E-state index is 12.2. The largest absolute Gasteiger partial charge is 0.506 e. The predicted octanol–water partition coefficient (Wildman–Crippen LogP) is 4.61. The zero-order valence-corrected chi connectivity index (χ0v) is 16.8. The monoisotopic (exact) mass is 503 g/mol. The summed E-state index contributed by atoms with van der Waals surface area (Å²) in [4.78, 5) is 16.3. The van der Waals surface area contributed by atoms with Crippen molar-refractivity contribution in [3.63, 3.8) is 0 Å². The third-order valence-electron chi connectivity index (χ3n) is 3.50. The van der Waals surface area contributed by atoms with Crippen LogP contribution in [0.15, 0.2) is 40.9 Å². The van der Waals surface area contributed by atoms with Gasteiger partial charge in [-0.1, -0.05) is 63.1 Å². The van der Waals surface area contributed by atoms with E-state index in [-0.39, 0.29) is 29.0 Å². The molecule has 0 fully saturated rings. The highest BCUT2D eigenvalue weighted by Gasteiger charge is 2.18. The van der Waals surface area contributed by atoms with Crippen molar-refractivity contribution in [1.29, 1.82) is 0 Å². The highest BCUT2D eigenvalue weighted by atomic mass is 127. The van der Waals surface area contributed by atoms with E-state index in [1.165, 1.54) is 6.07 Å². The van der Waals surface area contributed by atoms with Gasteiger partial charge in [-0.2, -0.15) is 4.98 Å². The maximum absolute atomic E-state index is 12.2. The van der Waals surface area contributed by atoms with Crippen molar-refractivity contribution in [3.8, 4) is 17.2 Å². The van der Waals surface area contributed by atoms with Crippen molar-refractivity contribution in [2.24, 2.45) is 0 Å². The summed E-state index contributed by atoms with van der Waals surface area (Å²) in [7, 11) is 0. The standard InChI is InChI=1S/C17H12Cl2IN3O3/c18-12-3-1-2-9(4-12)8-21-16(25)15-22-17(26-23-15)10-5-11(7-20)14(24)13(19)6-10/h1-6,24H,7-8H2,(H,21,25). The minimum Gasteiger partial charge on any atom is -0.506 e. The number of phenolic OH excluding ortho intramolecular Hbond substituents is 1. The summed E-state index contributed by atoms with van der Waals surface area (Å²) in [6, 6.07) is 10.4. The van der Waals surface area contributed by atoms with E-state index >= 15 is 0 Å². The Kier molecular flexibility index (Phi) is 6.00. The quantitative estimate of drug-likeness (QED) is 0.392. The summed E-state index contributed by atoms with van der Waals surface area (Å²) >= 11 is 14.0. The van der Waals surface area contributed by atoms with Crippen LogP contribution >= 0.6 is 45.8 Å². The number of nitrogens with one attached hydrogen (secondary N) is 1. The fourth-order valence-electron chi connectivity index (χ4n) is 2.22. The lowest BCUT2D eigenvalue weighted by atomic mass is 10.1. The van der Waals surface area contributed by atoms with Crippen molar-refractivity contribution >= 4 is 51.7 Å². The molecule has 3 rings (SSSR count). The Morgan fingerprint density at radius 2 is 2.08 bits per heavy atom. The van der Waals surface area contributed by atoms with Gasteiger partial charge in [0.2, 0.25) is 0 Å². The molecule has 134 valence electrons. The average Bonchev–Trinajstić information content (AvgIpc) is 3.12. The SMILES string of the molecule is O=C(NCc1cccc(Cl)c1)c1noc(-c2cc(Cl)c(O)c(CI)c2)n1. The lowest BCUT2D eigenvalue weighted by molar-refractivity contribution is 0.0937. The van der Waals surface area contributed by atoms with E-state index in [2.05, 4.69) is 38.0 Å². The van der Waals surface area contributed by atoms with Gasteiger partial charge in [-0.05, 0) is 29.8 Å². The molecule has 0 saturated heterocycles. The number of carbonyl (C=O) groups excluding carboxylic acids is 1. The Morgan fingerprint density at radius 1 is 1.27 bits per heavy atom. The van der Waals surface area contributed by atoms with Crippen LogP contribution in [0.4, 0.5) is 0 Å². The van der Waals surface area contributed by atoms with Gasteiger partial charge in [0, 0.05) is 27.1 Å². The van der Waals surface area contributed by atoms with Crippen LogP contribution in [0.2, 0.25) is 10.0 Å². The van der Waals surface area contributed by atoms with E-state index in [1.807, 2.05) is 6.07 Å². The van der Waals surface area contributed by atoms with Crippen molar-refractivity contribution in [1.82, 2.24) is 15.5 Å². The number of hydrogen-bond donors (Lipinski definition) is 2. The first kappa shape index (κ1) is 18.9. The van der Waals surface area contributed by atoms with Gasteiger partial charge in [-0.25, -0.2) is 0 Å². The molecule has 1 heterocycles. The van der Waals surface area contributed by atoms with Crippen LogP contribution in [-0.4, -0.2) is 21.2 Å². The Hall–Kier alpha value is -1.84. The molecule has 2 aromatic carbocycles. The van der Waals surface area contributed by atoms with Crippen LogP contribution in [0.3, 0.4) is 0 Å². The number of amides is 1. The van der Waals surface area contributed by atoms with E-state index in [4.69, 9.17) is 27.7 Å². The molecular formula is C17H12Cl2IN3O3. The number of aromatic nitrogens is 2. The molecule has 0 aliphatic carbocycles. The van der Waals surface area contributed by atoms with Crippen LogP contribution in [-0.2, 0) is 11.0 Å². The highest BCUT2D eigenvalue weighted by Crippen LogP contribution is 2.34. The second-order valence-electron chi connectivity index (χ2n) is 5.34. The molecule has 6 nitrogen and oxygen atoms in total. The molecule has 26 heavy (non-hydrogen) atoms. The summed E-state index contributed by atoms with van der Waals surface area (Å²) < 4.78 is 5.71. The lowest BCUT2D eigenvalue weighted by Crippen LogP contribution is -2.23. The molecule has 1 amide bonds. The summed E-state index contributed by atoms with van der Waals surface area (Å²) in [5.74, 6) is -0.407. The van der Waals surface area contributed by atoms with Gasteiger partial charge in [0.1, 0.15) is 5.75 Å². The first-order valence-corrected chi connectivity index (χ1v) is 9.70. The van der Waals surface area contributed by atoms with Crippen LogP contribution in [0.5, 0.6) is 5.75 Å². The Balaban J connectivity index is 1.75. The van der Waals surface area contributed by atoms with Gasteiger partial charge in [0.25, 0.3) is 17.6 Å². The van der Waals surface area contributed by atoms with Gasteiger partial charge in [0.05, 0.1) is 5.02 Å². The number of halogens is 3. The van der Waals surface area contributed by atoms with E-state index < -0.39 is 5.91 Å². The van der Waals surface area contributed by atoms with Gasteiger partial charge < -0.3 is 14.9 Å². The molecule has 0 spiro atoms. The first-order chi connectivity index (χ1) is 12.5. The summed E-state index contributed by atoms with van der Waals surface area (Å²) in [5.41, 5.74) is 2.02. The summed E-state index contributed by atoms with van der Waals surface area (Å²) in [5, 5.41) is 17.1. The number of rotatable bonds is 5. The van der Waals surface area contributed by atoms with Gasteiger partial charge in [-0.15, -0.1) is 0 Å². The van der Waals surface area contributed by atoms with Crippen LogP contribution < -0.4 is 5.32 Å². The van der Waals surface area contributed by atoms with Gasteiger partial charge in [-0.3, -0.25) is 4.79 Å². The fraction of sp³-hybridized carbons (Fsp3) is 0.118. The maximum Gasteiger partial charge on any atom is 0.292 e. The third kappa shape index (κ3) is 4.28. The fourth-order valence-corrected chi connectivity index (χ4v) is 3.26. The van der Waals surface area contributed by atoms with E-state index in [1.54, 1.807) is 24.3 Å².